The van der Waals surface area contributed by atoms with E-state index in [0.717, 1.165) is 12.0 Å². The van der Waals surface area contributed by atoms with Gasteiger partial charge in [0.2, 0.25) is 0 Å². The Morgan fingerprint density at radius 3 is 2.33 bits per heavy atom. The number of rotatable bonds is 5. The smallest absolute Gasteiger partial charge is 0.399 e. The lowest BCUT2D eigenvalue weighted by Crippen LogP contribution is -2.41. The van der Waals surface area contributed by atoms with E-state index in [1.807, 2.05) is 27.7 Å². The van der Waals surface area contributed by atoms with Crippen molar-refractivity contribution in [3.05, 3.63) is 29.6 Å². The van der Waals surface area contributed by atoms with Crippen LogP contribution in [0.3, 0.4) is 0 Å². The van der Waals surface area contributed by atoms with Crippen LogP contribution in [-0.2, 0) is 20.7 Å². The van der Waals surface area contributed by atoms with Gasteiger partial charge in [-0.1, -0.05) is 19.1 Å². The first kappa shape index (κ1) is 16.5. The molecule has 0 atom stereocenters. The van der Waals surface area contributed by atoms with Crippen LogP contribution in [0.2, 0.25) is 0 Å². The molecule has 1 heterocycles. The summed E-state index contributed by atoms with van der Waals surface area (Å²) in [4.78, 5) is 0. The monoisotopic (exact) mass is 294 g/mol. The molecule has 0 bridgehead atoms. The van der Waals surface area contributed by atoms with Crippen molar-refractivity contribution in [3.63, 3.8) is 0 Å². The molecular weight excluding hydrogens is 270 g/mol. The van der Waals surface area contributed by atoms with E-state index >= 15 is 0 Å². The van der Waals surface area contributed by atoms with Crippen LogP contribution in [-0.4, -0.2) is 24.9 Å². The summed E-state index contributed by atoms with van der Waals surface area (Å²) in [6.45, 7) is 11.1. The van der Waals surface area contributed by atoms with Crippen molar-refractivity contribution in [3.8, 4) is 0 Å². The molecule has 2 rings (SSSR count). The fraction of sp³-hybridized carbons (Fsp3) is 0.625. The van der Waals surface area contributed by atoms with Gasteiger partial charge in [-0.2, -0.15) is 0 Å². The Morgan fingerprint density at radius 1 is 1.14 bits per heavy atom. The second-order valence-corrected chi connectivity index (χ2v) is 6.50. The Hall–Kier alpha value is -0.905. The maximum atomic E-state index is 14.1. The zero-order valence-corrected chi connectivity index (χ0v) is 13.5. The lowest BCUT2D eigenvalue weighted by molar-refractivity contribution is 0.00578. The molecule has 0 amide bonds. The van der Waals surface area contributed by atoms with E-state index in [2.05, 4.69) is 6.92 Å². The Bertz CT molecular complexity index is 486. The highest BCUT2D eigenvalue weighted by Gasteiger charge is 2.52. The predicted octanol–water partition coefficient (Wildman–Crippen LogP) is 3.05. The van der Waals surface area contributed by atoms with Crippen molar-refractivity contribution in [2.24, 2.45) is 0 Å². The van der Waals surface area contributed by atoms with Gasteiger partial charge in [0.05, 0.1) is 17.8 Å². The molecule has 21 heavy (non-hydrogen) atoms. The zero-order chi connectivity index (χ0) is 15.7. The fourth-order valence-corrected chi connectivity index (χ4v) is 2.17. The molecule has 0 unspecified atom stereocenters. The summed E-state index contributed by atoms with van der Waals surface area (Å²) in [6.07, 6.45) is 0.964. The third-order valence-corrected chi connectivity index (χ3v) is 4.18. The maximum absolute atomic E-state index is 14.1. The number of ether oxygens (including phenoxy) is 1. The molecule has 0 N–H and O–H groups in total. The zero-order valence-electron chi connectivity index (χ0n) is 13.5. The largest absolute Gasteiger partial charge is 0.497 e. The lowest BCUT2D eigenvalue weighted by Gasteiger charge is -2.32. The quantitative estimate of drug-likeness (QED) is 0.617. The lowest BCUT2D eigenvalue weighted by atomic mass is 9.78. The molecule has 1 fully saturated rings. The Labute approximate surface area is 126 Å². The van der Waals surface area contributed by atoms with Crippen molar-refractivity contribution in [2.45, 2.75) is 58.8 Å². The van der Waals surface area contributed by atoms with Crippen LogP contribution in [0, 0.1) is 5.82 Å². The van der Waals surface area contributed by atoms with Crippen LogP contribution >= 0.6 is 0 Å². The SMILES string of the molecule is CCCOCc1ccc(F)c(B2OC(C)(C)C(C)(C)O2)c1. The van der Waals surface area contributed by atoms with E-state index in [-0.39, 0.29) is 5.82 Å². The van der Waals surface area contributed by atoms with Gasteiger partial charge in [0.1, 0.15) is 5.82 Å². The molecule has 1 aliphatic rings. The summed E-state index contributed by atoms with van der Waals surface area (Å²) in [7, 11) is -0.680. The molecule has 0 spiro atoms. The third-order valence-electron chi connectivity index (χ3n) is 4.18. The summed E-state index contributed by atoms with van der Waals surface area (Å²) >= 11 is 0. The van der Waals surface area contributed by atoms with E-state index < -0.39 is 18.3 Å². The van der Waals surface area contributed by atoms with E-state index in [0.29, 0.717) is 18.7 Å². The average Bonchev–Trinajstić information content (AvgIpc) is 2.60. The number of hydrogen-bond donors (Lipinski definition) is 0. The van der Waals surface area contributed by atoms with Gasteiger partial charge in [0, 0.05) is 12.1 Å². The minimum atomic E-state index is -0.680. The second kappa shape index (κ2) is 6.07. The topological polar surface area (TPSA) is 27.7 Å². The highest BCUT2D eigenvalue weighted by molar-refractivity contribution is 6.62. The maximum Gasteiger partial charge on any atom is 0.497 e. The van der Waals surface area contributed by atoms with Crippen molar-refractivity contribution in [1.82, 2.24) is 0 Å². The molecule has 0 aromatic heterocycles. The van der Waals surface area contributed by atoms with Gasteiger partial charge in [-0.3, -0.25) is 0 Å². The minimum absolute atomic E-state index is 0.312. The molecule has 0 aliphatic carbocycles. The van der Waals surface area contributed by atoms with Crippen LogP contribution in [0.4, 0.5) is 4.39 Å². The van der Waals surface area contributed by atoms with Crippen LogP contribution < -0.4 is 5.46 Å². The number of halogens is 1. The first-order valence-corrected chi connectivity index (χ1v) is 7.48. The highest BCUT2D eigenvalue weighted by atomic mass is 19.1. The van der Waals surface area contributed by atoms with Gasteiger partial charge in [-0.15, -0.1) is 0 Å². The summed E-state index contributed by atoms with van der Waals surface area (Å²) in [5.41, 5.74) is 0.415. The second-order valence-electron chi connectivity index (χ2n) is 6.50. The van der Waals surface area contributed by atoms with Crippen LogP contribution in [0.1, 0.15) is 46.6 Å². The van der Waals surface area contributed by atoms with Crippen molar-refractivity contribution >= 4 is 12.6 Å². The Morgan fingerprint density at radius 2 is 1.76 bits per heavy atom. The molecule has 0 radical (unpaired) electrons. The van der Waals surface area contributed by atoms with Crippen molar-refractivity contribution in [2.75, 3.05) is 6.61 Å². The van der Waals surface area contributed by atoms with Crippen molar-refractivity contribution < 1.29 is 18.4 Å². The molecule has 1 aromatic carbocycles. The number of benzene rings is 1. The number of hydrogen-bond acceptors (Lipinski definition) is 3. The molecule has 1 aromatic rings. The Kier molecular flexibility index (Phi) is 4.76. The van der Waals surface area contributed by atoms with Crippen LogP contribution in [0.15, 0.2) is 18.2 Å². The van der Waals surface area contributed by atoms with E-state index in [1.165, 1.54) is 6.07 Å². The van der Waals surface area contributed by atoms with E-state index in [9.17, 15) is 4.39 Å². The molecule has 116 valence electrons. The Balaban J connectivity index is 2.18. The van der Waals surface area contributed by atoms with Gasteiger partial charge in [0.15, 0.2) is 0 Å². The molecule has 0 saturated carbocycles. The van der Waals surface area contributed by atoms with Crippen LogP contribution in [0.5, 0.6) is 0 Å². The van der Waals surface area contributed by atoms with Crippen LogP contribution in [0.25, 0.3) is 0 Å². The van der Waals surface area contributed by atoms with Gasteiger partial charge in [0.25, 0.3) is 0 Å². The van der Waals surface area contributed by atoms with Gasteiger partial charge in [-0.05, 0) is 45.7 Å². The molecule has 1 aliphatic heterocycles. The van der Waals surface area contributed by atoms with Gasteiger partial charge in [-0.25, -0.2) is 4.39 Å². The first-order valence-electron chi connectivity index (χ1n) is 7.48. The predicted molar refractivity (Wildman–Crippen MR) is 82.1 cm³/mol. The van der Waals surface area contributed by atoms with E-state index in [4.69, 9.17) is 14.0 Å². The summed E-state index contributed by atoms with van der Waals surface area (Å²) in [5.74, 6) is -0.312. The van der Waals surface area contributed by atoms with Gasteiger partial charge >= 0.3 is 7.12 Å². The minimum Gasteiger partial charge on any atom is -0.399 e. The highest BCUT2D eigenvalue weighted by Crippen LogP contribution is 2.36. The van der Waals surface area contributed by atoms with Gasteiger partial charge < -0.3 is 14.0 Å². The third kappa shape index (κ3) is 3.47. The molecule has 3 nitrogen and oxygen atoms in total. The summed E-state index contributed by atoms with van der Waals surface area (Å²) < 4.78 is 31.4. The summed E-state index contributed by atoms with van der Waals surface area (Å²) in [5, 5.41) is 0. The molecular formula is C16H24BFO3. The normalized spacial score (nSPS) is 20.0. The molecule has 5 heteroatoms. The van der Waals surface area contributed by atoms with E-state index in [1.54, 1.807) is 12.1 Å². The standard InChI is InChI=1S/C16H24BFO3/c1-6-9-19-11-12-7-8-14(18)13(10-12)17-20-15(2,3)16(4,5)21-17/h7-8,10H,6,9,11H2,1-5H3. The first-order chi connectivity index (χ1) is 9.77. The molecule has 1 saturated heterocycles. The van der Waals surface area contributed by atoms with Crippen molar-refractivity contribution in [1.29, 1.82) is 0 Å². The fourth-order valence-electron chi connectivity index (χ4n) is 2.17. The average molecular weight is 294 g/mol. The summed E-state index contributed by atoms with van der Waals surface area (Å²) in [6, 6.07) is 4.96.